The first-order chi connectivity index (χ1) is 13.5. The zero-order valence-electron chi connectivity index (χ0n) is 16.2. The van der Waals surface area contributed by atoms with E-state index in [1.165, 1.54) is 0 Å². The van der Waals surface area contributed by atoms with E-state index in [4.69, 9.17) is 0 Å². The number of piperidine rings is 2. The maximum absolute atomic E-state index is 12.9. The van der Waals surface area contributed by atoms with Crippen LogP contribution in [0.15, 0.2) is 36.9 Å². The summed E-state index contributed by atoms with van der Waals surface area (Å²) in [5.74, 6) is 0.184. The Bertz CT molecular complexity index is 855. The fraction of sp³-hybridized carbons (Fsp3) is 0.476. The molecule has 2 saturated heterocycles. The molecule has 4 heterocycles. The lowest BCUT2D eigenvalue weighted by molar-refractivity contribution is -0.139. The van der Waals surface area contributed by atoms with E-state index in [9.17, 15) is 9.59 Å². The number of nitrogens with zero attached hydrogens (tertiary/aromatic N) is 5. The van der Waals surface area contributed by atoms with Crippen LogP contribution in [-0.2, 0) is 11.3 Å². The van der Waals surface area contributed by atoms with Gasteiger partial charge in [0.1, 0.15) is 0 Å². The van der Waals surface area contributed by atoms with Gasteiger partial charge in [-0.2, -0.15) is 0 Å². The second-order valence-electron chi connectivity index (χ2n) is 7.97. The lowest BCUT2D eigenvalue weighted by Gasteiger charge is -2.48. The zero-order valence-corrected chi connectivity index (χ0v) is 16.2. The van der Waals surface area contributed by atoms with Crippen molar-refractivity contribution in [2.24, 2.45) is 5.41 Å². The van der Waals surface area contributed by atoms with Gasteiger partial charge in [0.25, 0.3) is 5.91 Å². The van der Waals surface area contributed by atoms with Crippen molar-refractivity contribution >= 4 is 11.8 Å². The second kappa shape index (κ2) is 7.66. The number of likely N-dealkylation sites (tertiary alicyclic amines) is 2. The molecule has 2 aromatic rings. The number of aryl methyl sites for hydroxylation is 1. The van der Waals surface area contributed by atoms with E-state index in [2.05, 4.69) is 15.0 Å². The molecule has 0 aromatic carbocycles. The Hall–Kier alpha value is -2.83. The van der Waals surface area contributed by atoms with E-state index in [1.54, 1.807) is 30.9 Å². The maximum Gasteiger partial charge on any atom is 0.255 e. The highest BCUT2D eigenvalue weighted by atomic mass is 16.2. The van der Waals surface area contributed by atoms with E-state index in [0.717, 1.165) is 37.2 Å². The van der Waals surface area contributed by atoms with E-state index >= 15 is 0 Å². The molecule has 0 saturated carbocycles. The smallest absolute Gasteiger partial charge is 0.255 e. The molecule has 0 aliphatic carbocycles. The average Bonchev–Trinajstić information content (AvgIpc) is 2.73. The molecule has 7 heteroatoms. The number of amides is 2. The number of hydrogen-bond acceptors (Lipinski definition) is 5. The van der Waals surface area contributed by atoms with Crippen molar-refractivity contribution in [3.8, 4) is 0 Å². The molecular formula is C21H25N5O2. The van der Waals surface area contributed by atoms with Crippen LogP contribution in [0.4, 0.5) is 0 Å². The lowest BCUT2D eigenvalue weighted by Crippen LogP contribution is -2.54. The number of carbonyl (C=O) groups is 2. The summed E-state index contributed by atoms with van der Waals surface area (Å²) in [6, 6.07) is 3.60. The Kier molecular flexibility index (Phi) is 5.07. The van der Waals surface area contributed by atoms with Gasteiger partial charge in [0.2, 0.25) is 5.91 Å². The van der Waals surface area contributed by atoms with Crippen molar-refractivity contribution in [1.82, 2.24) is 24.8 Å². The van der Waals surface area contributed by atoms with Crippen LogP contribution in [0.25, 0.3) is 0 Å². The van der Waals surface area contributed by atoms with Gasteiger partial charge in [-0.3, -0.25) is 24.5 Å². The van der Waals surface area contributed by atoms with Crippen LogP contribution in [0.2, 0.25) is 0 Å². The van der Waals surface area contributed by atoms with Crippen LogP contribution < -0.4 is 0 Å². The Morgan fingerprint density at radius 1 is 1.18 bits per heavy atom. The summed E-state index contributed by atoms with van der Waals surface area (Å²) in [5.41, 5.74) is 2.25. The first-order valence-electron chi connectivity index (χ1n) is 9.79. The van der Waals surface area contributed by atoms with Crippen LogP contribution in [0.3, 0.4) is 0 Å². The quantitative estimate of drug-likeness (QED) is 0.817. The third-order valence-corrected chi connectivity index (χ3v) is 5.79. The Morgan fingerprint density at radius 3 is 2.82 bits per heavy atom. The number of aromatic nitrogens is 3. The molecule has 0 unspecified atom stereocenters. The first-order valence-corrected chi connectivity index (χ1v) is 9.79. The van der Waals surface area contributed by atoms with Gasteiger partial charge in [-0.15, -0.1) is 0 Å². The monoisotopic (exact) mass is 379 g/mol. The van der Waals surface area contributed by atoms with Gasteiger partial charge in [0.05, 0.1) is 29.7 Å². The highest BCUT2D eigenvalue weighted by molar-refractivity contribution is 5.94. The van der Waals surface area contributed by atoms with Crippen molar-refractivity contribution in [2.75, 3.05) is 19.6 Å². The Morgan fingerprint density at radius 2 is 2.07 bits per heavy atom. The van der Waals surface area contributed by atoms with Crippen LogP contribution in [-0.4, -0.2) is 56.2 Å². The van der Waals surface area contributed by atoms with Crippen LogP contribution >= 0.6 is 0 Å². The fourth-order valence-electron chi connectivity index (χ4n) is 4.33. The summed E-state index contributed by atoms with van der Waals surface area (Å²) in [4.78, 5) is 42.0. The van der Waals surface area contributed by atoms with Crippen LogP contribution in [0.5, 0.6) is 0 Å². The van der Waals surface area contributed by atoms with Crippen molar-refractivity contribution in [2.45, 2.75) is 39.2 Å². The highest BCUT2D eigenvalue weighted by Gasteiger charge is 2.42. The van der Waals surface area contributed by atoms with Crippen LogP contribution in [0, 0.1) is 12.3 Å². The normalized spacial score (nSPS) is 22.5. The van der Waals surface area contributed by atoms with Gasteiger partial charge in [-0.1, -0.05) is 0 Å². The summed E-state index contributed by atoms with van der Waals surface area (Å²) < 4.78 is 0. The van der Waals surface area contributed by atoms with Gasteiger partial charge < -0.3 is 9.80 Å². The topological polar surface area (TPSA) is 79.3 Å². The Labute approximate surface area is 164 Å². The fourth-order valence-corrected chi connectivity index (χ4v) is 4.33. The predicted octanol–water partition coefficient (Wildman–Crippen LogP) is 2.23. The maximum atomic E-state index is 12.9. The predicted molar refractivity (Wildman–Crippen MR) is 103 cm³/mol. The van der Waals surface area contributed by atoms with Crippen molar-refractivity contribution < 1.29 is 9.59 Å². The average molecular weight is 379 g/mol. The summed E-state index contributed by atoms with van der Waals surface area (Å²) in [5, 5.41) is 0. The van der Waals surface area contributed by atoms with Gasteiger partial charge in [-0.05, 0) is 38.3 Å². The first kappa shape index (κ1) is 18.5. The van der Waals surface area contributed by atoms with E-state index < -0.39 is 0 Å². The largest absolute Gasteiger partial charge is 0.338 e. The molecule has 0 radical (unpaired) electrons. The minimum absolute atomic E-state index is 0.0278. The summed E-state index contributed by atoms with van der Waals surface area (Å²) in [7, 11) is 0. The minimum Gasteiger partial charge on any atom is -0.338 e. The molecule has 1 spiro atoms. The Balaban J connectivity index is 1.48. The molecule has 2 fully saturated rings. The SMILES string of the molecule is Cc1cnc(CN2C[C@]3(CCCN(C(=O)c4cccnc4)C3)CCC2=O)cn1. The molecule has 2 aromatic heterocycles. The molecule has 7 nitrogen and oxygen atoms in total. The van der Waals surface area contributed by atoms with Gasteiger partial charge in [0.15, 0.2) is 0 Å². The molecule has 0 N–H and O–H groups in total. The van der Waals surface area contributed by atoms with E-state index in [0.29, 0.717) is 31.6 Å². The third kappa shape index (κ3) is 3.88. The van der Waals surface area contributed by atoms with Crippen LogP contribution in [0.1, 0.15) is 47.4 Å². The molecule has 0 bridgehead atoms. The lowest BCUT2D eigenvalue weighted by atomic mass is 9.73. The summed E-state index contributed by atoms with van der Waals surface area (Å²) in [6.07, 6.45) is 10.1. The van der Waals surface area contributed by atoms with Crippen molar-refractivity contribution in [3.05, 3.63) is 53.9 Å². The molecule has 2 aliphatic heterocycles. The number of pyridine rings is 1. The molecule has 2 aliphatic rings. The standard InChI is InChI=1S/C21H25N5O2/c1-16-10-24-18(12-23-16)13-26-15-21(7-5-19(26)27)6-3-9-25(14-21)20(28)17-4-2-8-22-11-17/h2,4,8,10-12H,3,5-7,9,13-15H2,1H3/t21-/m1/s1. The number of rotatable bonds is 3. The van der Waals surface area contributed by atoms with Crippen molar-refractivity contribution in [1.29, 1.82) is 0 Å². The van der Waals surface area contributed by atoms with Gasteiger partial charge in [0, 0.05) is 50.1 Å². The molecule has 2 amide bonds. The third-order valence-electron chi connectivity index (χ3n) is 5.79. The molecule has 146 valence electrons. The highest BCUT2D eigenvalue weighted by Crippen LogP contribution is 2.39. The van der Waals surface area contributed by atoms with Crippen molar-refractivity contribution in [3.63, 3.8) is 0 Å². The van der Waals surface area contributed by atoms with E-state index in [-0.39, 0.29) is 17.2 Å². The number of hydrogen-bond donors (Lipinski definition) is 0. The minimum atomic E-state index is -0.0395. The summed E-state index contributed by atoms with van der Waals surface area (Å²) in [6.45, 7) is 4.48. The summed E-state index contributed by atoms with van der Waals surface area (Å²) >= 11 is 0. The molecular weight excluding hydrogens is 354 g/mol. The van der Waals surface area contributed by atoms with Gasteiger partial charge in [-0.25, -0.2) is 0 Å². The molecule has 1 atom stereocenters. The number of carbonyl (C=O) groups excluding carboxylic acids is 2. The zero-order chi connectivity index (χ0) is 19.6. The molecule has 4 rings (SSSR count). The second-order valence-corrected chi connectivity index (χ2v) is 7.97. The van der Waals surface area contributed by atoms with E-state index in [1.807, 2.05) is 22.8 Å². The van der Waals surface area contributed by atoms with Gasteiger partial charge >= 0.3 is 0 Å². The molecule has 28 heavy (non-hydrogen) atoms.